The summed E-state index contributed by atoms with van der Waals surface area (Å²) in [5, 5.41) is 5.55. The summed E-state index contributed by atoms with van der Waals surface area (Å²) < 4.78 is 18.7. The van der Waals surface area contributed by atoms with Crippen LogP contribution in [0, 0.1) is 5.82 Å². The molecule has 0 spiro atoms. The number of hydrogen-bond donors (Lipinski definition) is 0. The highest BCUT2D eigenvalue weighted by molar-refractivity contribution is 6.30. The molecule has 156 valence electrons. The minimum absolute atomic E-state index is 0.0242. The van der Waals surface area contributed by atoms with Gasteiger partial charge in [0.05, 0.1) is 5.39 Å². The molecule has 3 aromatic carbocycles. The first-order valence-corrected chi connectivity index (χ1v) is 10.4. The summed E-state index contributed by atoms with van der Waals surface area (Å²) >= 11 is 5.98. The fourth-order valence-electron chi connectivity index (χ4n) is 3.89. The van der Waals surface area contributed by atoms with Crippen LogP contribution in [0.1, 0.15) is 10.4 Å². The van der Waals surface area contributed by atoms with Crippen molar-refractivity contribution in [3.05, 3.63) is 83.1 Å². The highest BCUT2D eigenvalue weighted by Gasteiger charge is 2.23. The Kier molecular flexibility index (Phi) is 5.08. The maximum atomic E-state index is 13.2. The molecule has 0 N–H and O–H groups in total. The van der Waals surface area contributed by atoms with Crippen LogP contribution in [-0.4, -0.2) is 42.1 Å². The number of anilines is 1. The van der Waals surface area contributed by atoms with E-state index in [4.69, 9.17) is 16.1 Å². The van der Waals surface area contributed by atoms with Crippen LogP contribution in [0.4, 0.5) is 10.1 Å². The molecule has 1 fully saturated rings. The van der Waals surface area contributed by atoms with Gasteiger partial charge in [-0.3, -0.25) is 4.79 Å². The topological polar surface area (TPSA) is 49.6 Å². The number of benzene rings is 3. The molecule has 0 aliphatic carbocycles. The molecule has 0 bridgehead atoms. The van der Waals surface area contributed by atoms with Crippen molar-refractivity contribution in [3.8, 4) is 11.3 Å². The summed E-state index contributed by atoms with van der Waals surface area (Å²) in [7, 11) is 0. The van der Waals surface area contributed by atoms with E-state index in [9.17, 15) is 9.18 Å². The Morgan fingerprint density at radius 1 is 0.935 bits per heavy atom. The number of aromatic nitrogens is 1. The van der Waals surface area contributed by atoms with Gasteiger partial charge in [0.1, 0.15) is 11.3 Å². The van der Waals surface area contributed by atoms with Gasteiger partial charge in [0.2, 0.25) is 0 Å². The number of piperazine rings is 1. The van der Waals surface area contributed by atoms with Gasteiger partial charge in [0.25, 0.3) is 5.91 Å². The lowest BCUT2D eigenvalue weighted by Crippen LogP contribution is -2.48. The molecule has 1 aliphatic heterocycles. The van der Waals surface area contributed by atoms with Crippen molar-refractivity contribution in [1.82, 2.24) is 10.1 Å². The molecule has 1 saturated heterocycles. The second-order valence-corrected chi connectivity index (χ2v) is 7.94. The van der Waals surface area contributed by atoms with Crippen LogP contribution in [-0.2, 0) is 0 Å². The van der Waals surface area contributed by atoms with E-state index in [2.05, 4.69) is 10.1 Å². The smallest absolute Gasteiger partial charge is 0.254 e. The third kappa shape index (κ3) is 3.86. The zero-order valence-electron chi connectivity index (χ0n) is 16.6. The lowest BCUT2D eigenvalue weighted by molar-refractivity contribution is 0.0747. The second kappa shape index (κ2) is 8.04. The summed E-state index contributed by atoms with van der Waals surface area (Å²) in [4.78, 5) is 17.1. The highest BCUT2D eigenvalue weighted by atomic mass is 35.5. The van der Waals surface area contributed by atoms with E-state index in [-0.39, 0.29) is 11.7 Å². The highest BCUT2D eigenvalue weighted by Crippen LogP contribution is 2.30. The Morgan fingerprint density at radius 3 is 2.35 bits per heavy atom. The third-order valence-corrected chi connectivity index (χ3v) is 5.84. The Morgan fingerprint density at radius 2 is 1.65 bits per heavy atom. The van der Waals surface area contributed by atoms with Crippen molar-refractivity contribution >= 4 is 34.1 Å². The molecule has 0 saturated carbocycles. The zero-order valence-corrected chi connectivity index (χ0v) is 17.3. The average molecular weight is 436 g/mol. The van der Waals surface area contributed by atoms with E-state index in [1.807, 2.05) is 23.1 Å². The van der Waals surface area contributed by atoms with E-state index in [1.54, 1.807) is 36.4 Å². The molecular formula is C24H19ClFN3O2. The molecule has 1 aromatic heterocycles. The quantitative estimate of drug-likeness (QED) is 0.441. The number of halogens is 2. The van der Waals surface area contributed by atoms with E-state index in [0.717, 1.165) is 16.6 Å². The lowest BCUT2D eigenvalue weighted by atomic mass is 10.1. The number of carbonyl (C=O) groups is 1. The van der Waals surface area contributed by atoms with Gasteiger partial charge in [-0.05, 0) is 66.7 Å². The van der Waals surface area contributed by atoms with Crippen LogP contribution in [0.2, 0.25) is 5.02 Å². The first kappa shape index (κ1) is 19.6. The molecule has 5 nitrogen and oxygen atoms in total. The molecule has 4 aromatic rings. The monoisotopic (exact) mass is 435 g/mol. The van der Waals surface area contributed by atoms with Gasteiger partial charge < -0.3 is 14.3 Å². The second-order valence-electron chi connectivity index (χ2n) is 7.51. The molecule has 0 atom stereocenters. The molecule has 0 radical (unpaired) electrons. The molecule has 31 heavy (non-hydrogen) atoms. The van der Waals surface area contributed by atoms with Crippen molar-refractivity contribution in [2.45, 2.75) is 0 Å². The van der Waals surface area contributed by atoms with E-state index in [1.165, 1.54) is 12.1 Å². The Balaban J connectivity index is 1.35. The normalized spacial score (nSPS) is 14.3. The first-order chi connectivity index (χ1) is 15.1. The van der Waals surface area contributed by atoms with Crippen LogP contribution in [0.5, 0.6) is 0 Å². The first-order valence-electron chi connectivity index (χ1n) is 10.0. The molecule has 5 rings (SSSR count). The van der Waals surface area contributed by atoms with Crippen molar-refractivity contribution < 1.29 is 13.7 Å². The third-order valence-electron chi connectivity index (χ3n) is 5.59. The van der Waals surface area contributed by atoms with Gasteiger partial charge in [0.15, 0.2) is 5.76 Å². The fraction of sp³-hybridized carbons (Fsp3) is 0.167. The summed E-state index contributed by atoms with van der Waals surface area (Å²) in [5.41, 5.74) is 3.11. The summed E-state index contributed by atoms with van der Waals surface area (Å²) in [5.74, 6) is 0.339. The van der Waals surface area contributed by atoms with E-state index in [0.29, 0.717) is 48.0 Å². The molecule has 2 heterocycles. The van der Waals surface area contributed by atoms with Crippen molar-refractivity contribution in [2.75, 3.05) is 31.1 Å². The van der Waals surface area contributed by atoms with Gasteiger partial charge in [-0.15, -0.1) is 0 Å². The maximum absolute atomic E-state index is 13.2. The van der Waals surface area contributed by atoms with Crippen LogP contribution in [0.3, 0.4) is 0 Å². The molecular weight excluding hydrogens is 417 g/mol. The molecule has 7 heteroatoms. The summed E-state index contributed by atoms with van der Waals surface area (Å²) in [6.07, 6.45) is 0. The number of amides is 1. The van der Waals surface area contributed by atoms with Gasteiger partial charge in [0, 0.05) is 48.0 Å². The van der Waals surface area contributed by atoms with Crippen LogP contribution >= 0.6 is 11.6 Å². The standard InChI is InChI=1S/C24H19ClFN3O2/c25-18-4-1-16(2-5-18)23-21-15-17(3-10-22(21)27-31-23)24(30)29-13-11-28(12-14-29)20-8-6-19(26)7-9-20/h1-10,15H,11-14H2. The van der Waals surface area contributed by atoms with Crippen LogP contribution in [0.15, 0.2) is 71.3 Å². The van der Waals surface area contributed by atoms with Crippen molar-refractivity contribution in [1.29, 1.82) is 0 Å². The summed E-state index contributed by atoms with van der Waals surface area (Å²) in [6, 6.07) is 19.2. The van der Waals surface area contributed by atoms with Crippen molar-refractivity contribution in [3.63, 3.8) is 0 Å². The SMILES string of the molecule is O=C(c1ccc2noc(-c3ccc(Cl)cc3)c2c1)N1CCN(c2ccc(F)cc2)CC1. The van der Waals surface area contributed by atoms with E-state index >= 15 is 0 Å². The van der Waals surface area contributed by atoms with Crippen LogP contribution in [0.25, 0.3) is 22.2 Å². The fourth-order valence-corrected chi connectivity index (χ4v) is 4.01. The lowest BCUT2D eigenvalue weighted by Gasteiger charge is -2.36. The van der Waals surface area contributed by atoms with Crippen LogP contribution < -0.4 is 4.90 Å². The predicted octanol–water partition coefficient (Wildman–Crippen LogP) is 5.25. The number of hydrogen-bond acceptors (Lipinski definition) is 4. The molecule has 1 aliphatic rings. The Labute approximate surface area is 183 Å². The zero-order chi connectivity index (χ0) is 21.4. The maximum Gasteiger partial charge on any atom is 0.254 e. The summed E-state index contributed by atoms with van der Waals surface area (Å²) in [6.45, 7) is 2.59. The number of fused-ring (bicyclic) bond motifs is 1. The minimum atomic E-state index is -0.250. The molecule has 1 amide bonds. The number of rotatable bonds is 3. The van der Waals surface area contributed by atoms with Gasteiger partial charge in [-0.1, -0.05) is 16.8 Å². The van der Waals surface area contributed by atoms with E-state index < -0.39 is 0 Å². The Hall–Kier alpha value is -3.38. The Bertz CT molecular complexity index is 1230. The number of carbonyl (C=O) groups excluding carboxylic acids is 1. The van der Waals surface area contributed by atoms with Gasteiger partial charge in [-0.25, -0.2) is 4.39 Å². The van der Waals surface area contributed by atoms with Crippen molar-refractivity contribution in [2.24, 2.45) is 0 Å². The largest absolute Gasteiger partial charge is 0.368 e. The predicted molar refractivity (Wildman–Crippen MR) is 119 cm³/mol. The van der Waals surface area contributed by atoms with Gasteiger partial charge >= 0.3 is 0 Å². The average Bonchev–Trinajstić information content (AvgIpc) is 3.23. The van der Waals surface area contributed by atoms with Gasteiger partial charge in [-0.2, -0.15) is 0 Å². The number of nitrogens with zero attached hydrogens (tertiary/aromatic N) is 3. The minimum Gasteiger partial charge on any atom is -0.368 e. The molecule has 0 unspecified atom stereocenters.